The average molecular weight is 319 g/mol. The summed E-state index contributed by atoms with van der Waals surface area (Å²) in [4.78, 5) is 23.9. The minimum atomic E-state index is -3.88. The van der Waals surface area contributed by atoms with E-state index in [4.69, 9.17) is 0 Å². The second-order valence-electron chi connectivity index (χ2n) is 4.72. The minimum absolute atomic E-state index is 0.0239. The zero-order chi connectivity index (χ0) is 15.9. The predicted molar refractivity (Wildman–Crippen MR) is 79.4 cm³/mol. The predicted octanol–water partition coefficient (Wildman–Crippen LogP) is 1.04. The van der Waals surface area contributed by atoms with Crippen molar-refractivity contribution in [2.24, 2.45) is 0 Å². The summed E-state index contributed by atoms with van der Waals surface area (Å²) in [7, 11) is -3.88. The van der Waals surface area contributed by atoms with Gasteiger partial charge >= 0.3 is 0 Å². The molecule has 22 heavy (non-hydrogen) atoms. The highest BCUT2D eigenvalue weighted by molar-refractivity contribution is 7.90. The smallest absolute Gasteiger partial charge is 0.273 e. The van der Waals surface area contributed by atoms with E-state index in [9.17, 15) is 18.0 Å². The molecule has 0 spiro atoms. The summed E-state index contributed by atoms with van der Waals surface area (Å²) in [5, 5.41) is 5.16. The van der Waals surface area contributed by atoms with Gasteiger partial charge in [0.2, 0.25) is 0 Å². The third-order valence-corrected chi connectivity index (χ3v) is 5.06. The molecule has 7 nitrogen and oxygen atoms in total. The number of rotatable bonds is 2. The molecule has 2 N–H and O–H groups in total. The normalized spacial score (nSPS) is 15.2. The van der Waals surface area contributed by atoms with Crippen molar-refractivity contribution in [3.8, 4) is 0 Å². The van der Waals surface area contributed by atoms with E-state index in [-0.39, 0.29) is 27.7 Å². The van der Waals surface area contributed by atoms with Crippen molar-refractivity contribution in [3.63, 3.8) is 0 Å². The first kappa shape index (κ1) is 14.3. The molecule has 114 valence electrons. The molecular weight excluding hydrogens is 306 g/mol. The van der Waals surface area contributed by atoms with Crippen LogP contribution in [0.15, 0.2) is 41.4 Å². The lowest BCUT2D eigenvalue weighted by atomic mass is 10.2. The lowest BCUT2D eigenvalue weighted by Gasteiger charge is -2.09. The molecule has 0 saturated heterocycles. The molecule has 3 rings (SSSR count). The van der Waals surface area contributed by atoms with Gasteiger partial charge in [0.25, 0.3) is 21.8 Å². The van der Waals surface area contributed by atoms with Gasteiger partial charge < -0.3 is 10.6 Å². The number of carbonyl (C=O) groups is 2. The number of fused-ring (bicyclic) bond motifs is 2. The number of carbonyl (C=O) groups excluding carboxylic acids is 2. The molecule has 0 fully saturated rings. The van der Waals surface area contributed by atoms with Crippen molar-refractivity contribution in [2.45, 2.75) is 11.8 Å². The zero-order valence-electron chi connectivity index (χ0n) is 11.7. The van der Waals surface area contributed by atoms with Crippen LogP contribution < -0.4 is 10.6 Å². The Morgan fingerprint density at radius 2 is 2.09 bits per heavy atom. The molecule has 1 aromatic heterocycles. The Morgan fingerprint density at radius 3 is 2.82 bits per heavy atom. The summed E-state index contributed by atoms with van der Waals surface area (Å²) in [6.07, 6.45) is 1.32. The van der Waals surface area contributed by atoms with Gasteiger partial charge in [0.15, 0.2) is 0 Å². The van der Waals surface area contributed by atoms with E-state index in [1.165, 1.54) is 36.5 Å². The third kappa shape index (κ3) is 2.08. The lowest BCUT2D eigenvalue weighted by Crippen LogP contribution is -2.23. The van der Waals surface area contributed by atoms with Gasteiger partial charge in [-0.15, -0.1) is 0 Å². The van der Waals surface area contributed by atoms with Crippen LogP contribution in [0.2, 0.25) is 0 Å². The monoisotopic (exact) mass is 319 g/mol. The van der Waals surface area contributed by atoms with Gasteiger partial charge in [-0.3, -0.25) is 9.59 Å². The topological polar surface area (TPSA) is 97.3 Å². The van der Waals surface area contributed by atoms with E-state index in [1.54, 1.807) is 6.92 Å². The van der Waals surface area contributed by atoms with Crippen LogP contribution in [0.25, 0.3) is 0 Å². The SMILES string of the molecule is CCNC(=O)c1ccc2c(c1)NC(=O)c1cccn1S2(=O)=O. The van der Waals surface area contributed by atoms with Gasteiger partial charge in [-0.1, -0.05) is 0 Å². The molecule has 0 saturated carbocycles. The first-order chi connectivity index (χ1) is 10.4. The van der Waals surface area contributed by atoms with Crippen molar-refractivity contribution in [1.82, 2.24) is 9.29 Å². The lowest BCUT2D eigenvalue weighted by molar-refractivity contribution is 0.0954. The summed E-state index contributed by atoms with van der Waals surface area (Å²) in [6.45, 7) is 2.23. The molecule has 1 aromatic carbocycles. The summed E-state index contributed by atoms with van der Waals surface area (Å²) in [5.41, 5.74) is 0.399. The van der Waals surface area contributed by atoms with Gasteiger partial charge in [0, 0.05) is 18.3 Å². The average Bonchev–Trinajstić information content (AvgIpc) is 2.95. The first-order valence-corrected chi connectivity index (χ1v) is 8.05. The molecule has 8 heteroatoms. The molecule has 2 amide bonds. The van der Waals surface area contributed by atoms with Crippen molar-refractivity contribution >= 4 is 27.5 Å². The molecule has 0 radical (unpaired) electrons. The quantitative estimate of drug-likeness (QED) is 0.864. The van der Waals surface area contributed by atoms with E-state index in [2.05, 4.69) is 10.6 Å². The Kier molecular flexibility index (Phi) is 3.25. The maximum Gasteiger partial charge on any atom is 0.273 e. The van der Waals surface area contributed by atoms with Gasteiger partial charge in [-0.25, -0.2) is 12.4 Å². The second kappa shape index (κ2) is 4.99. The summed E-state index contributed by atoms with van der Waals surface area (Å²) >= 11 is 0. The van der Waals surface area contributed by atoms with Crippen LogP contribution in [-0.4, -0.2) is 30.7 Å². The molecule has 0 atom stereocenters. The molecule has 0 aliphatic carbocycles. The van der Waals surface area contributed by atoms with Crippen LogP contribution in [0.3, 0.4) is 0 Å². The first-order valence-electron chi connectivity index (χ1n) is 6.61. The van der Waals surface area contributed by atoms with Crippen LogP contribution in [0.5, 0.6) is 0 Å². The summed E-state index contributed by atoms with van der Waals surface area (Å²) in [6, 6.07) is 7.01. The highest BCUT2D eigenvalue weighted by atomic mass is 32.2. The van der Waals surface area contributed by atoms with Crippen LogP contribution in [0.1, 0.15) is 27.8 Å². The molecule has 2 aromatic rings. The highest BCUT2D eigenvalue weighted by Crippen LogP contribution is 2.29. The Morgan fingerprint density at radius 1 is 1.32 bits per heavy atom. The Balaban J connectivity index is 2.18. The fourth-order valence-electron chi connectivity index (χ4n) is 2.30. The molecule has 0 bridgehead atoms. The molecule has 2 heterocycles. The molecule has 0 unspecified atom stereocenters. The van der Waals surface area contributed by atoms with E-state index in [0.717, 1.165) is 3.97 Å². The number of benzene rings is 1. The van der Waals surface area contributed by atoms with E-state index < -0.39 is 15.9 Å². The van der Waals surface area contributed by atoms with Crippen molar-refractivity contribution < 1.29 is 18.0 Å². The second-order valence-corrected chi connectivity index (χ2v) is 6.50. The van der Waals surface area contributed by atoms with Gasteiger partial charge in [-0.05, 0) is 37.3 Å². The fourth-order valence-corrected chi connectivity index (χ4v) is 3.77. The molecule has 1 aliphatic heterocycles. The van der Waals surface area contributed by atoms with Gasteiger partial charge in [0.05, 0.1) is 5.69 Å². The number of aromatic nitrogens is 1. The van der Waals surface area contributed by atoms with Gasteiger partial charge in [-0.2, -0.15) is 0 Å². The standard InChI is InChI=1S/C14H13N3O4S/c1-2-15-13(18)9-5-6-12-10(8-9)16-14(19)11-4-3-7-17(11)22(12,20)21/h3-8H,2H2,1H3,(H,15,18)(H,16,19). The van der Waals surface area contributed by atoms with Crippen LogP contribution >= 0.6 is 0 Å². The maximum atomic E-state index is 12.6. The van der Waals surface area contributed by atoms with Crippen molar-refractivity contribution in [3.05, 3.63) is 47.8 Å². The third-order valence-electron chi connectivity index (χ3n) is 3.31. The number of anilines is 1. The highest BCUT2D eigenvalue weighted by Gasteiger charge is 2.30. The minimum Gasteiger partial charge on any atom is -0.352 e. The largest absolute Gasteiger partial charge is 0.352 e. The van der Waals surface area contributed by atoms with Crippen LogP contribution in [0.4, 0.5) is 5.69 Å². The van der Waals surface area contributed by atoms with Crippen molar-refractivity contribution in [1.29, 1.82) is 0 Å². The summed E-state index contributed by atoms with van der Waals surface area (Å²) in [5.74, 6) is -0.874. The number of nitrogens with zero attached hydrogens (tertiary/aromatic N) is 1. The zero-order valence-corrected chi connectivity index (χ0v) is 12.5. The fraction of sp³-hybridized carbons (Fsp3) is 0.143. The van der Waals surface area contributed by atoms with E-state index in [0.29, 0.717) is 6.54 Å². The van der Waals surface area contributed by atoms with Gasteiger partial charge in [0.1, 0.15) is 10.6 Å². The summed E-state index contributed by atoms with van der Waals surface area (Å²) < 4.78 is 26.1. The van der Waals surface area contributed by atoms with Crippen molar-refractivity contribution in [2.75, 3.05) is 11.9 Å². The number of amides is 2. The molecule has 1 aliphatic rings. The Labute approximate surface area is 127 Å². The number of hydrogen-bond acceptors (Lipinski definition) is 4. The van der Waals surface area contributed by atoms with Crippen LogP contribution in [0, 0.1) is 0 Å². The Hall–Kier alpha value is -2.61. The van der Waals surface area contributed by atoms with Crippen LogP contribution in [-0.2, 0) is 10.0 Å². The van der Waals surface area contributed by atoms with E-state index >= 15 is 0 Å². The number of nitrogens with one attached hydrogen (secondary N) is 2. The maximum absolute atomic E-state index is 12.6. The number of hydrogen-bond donors (Lipinski definition) is 2. The molecular formula is C14H13N3O4S. The van der Waals surface area contributed by atoms with E-state index in [1.807, 2.05) is 0 Å². The Bertz CT molecular complexity index is 883.